The molecular formula is C17H20N2O3. The average molecular weight is 300 g/mol. The molecule has 116 valence electrons. The van der Waals surface area contributed by atoms with Crippen LogP contribution in [0.1, 0.15) is 41.2 Å². The second kappa shape index (κ2) is 6.32. The summed E-state index contributed by atoms with van der Waals surface area (Å²) >= 11 is 0. The van der Waals surface area contributed by atoms with Crippen molar-refractivity contribution in [3.63, 3.8) is 0 Å². The lowest BCUT2D eigenvalue weighted by Crippen LogP contribution is -2.35. The van der Waals surface area contributed by atoms with E-state index in [9.17, 15) is 9.90 Å². The monoisotopic (exact) mass is 300 g/mol. The van der Waals surface area contributed by atoms with Crippen LogP contribution in [0.3, 0.4) is 0 Å². The van der Waals surface area contributed by atoms with Gasteiger partial charge in [-0.15, -0.1) is 0 Å². The lowest BCUT2D eigenvalue weighted by Gasteiger charge is -2.33. The number of aryl methyl sites for hydroxylation is 1. The van der Waals surface area contributed by atoms with Crippen LogP contribution < -0.4 is 0 Å². The van der Waals surface area contributed by atoms with Gasteiger partial charge in [0.15, 0.2) is 0 Å². The Labute approximate surface area is 129 Å². The van der Waals surface area contributed by atoms with Crippen LogP contribution in [0.5, 0.6) is 0 Å². The third kappa shape index (κ3) is 3.04. The number of rotatable bonds is 3. The maximum absolute atomic E-state index is 12.3. The number of benzene rings is 1. The molecule has 1 heterocycles. The van der Waals surface area contributed by atoms with Crippen LogP contribution in [0.2, 0.25) is 0 Å². The van der Waals surface area contributed by atoms with Crippen molar-refractivity contribution in [2.45, 2.75) is 37.4 Å². The minimum absolute atomic E-state index is 0.0242. The van der Waals surface area contributed by atoms with Gasteiger partial charge in [-0.2, -0.15) is 5.10 Å². The summed E-state index contributed by atoms with van der Waals surface area (Å²) in [7, 11) is 1.87. The quantitative estimate of drug-likeness (QED) is 0.883. The minimum Gasteiger partial charge on any atom is -0.458 e. The molecule has 0 bridgehead atoms. The number of hydrogen-bond donors (Lipinski definition) is 1. The molecule has 0 saturated heterocycles. The third-order valence-electron chi connectivity index (χ3n) is 4.27. The Morgan fingerprint density at radius 2 is 2.05 bits per heavy atom. The molecule has 5 nitrogen and oxygen atoms in total. The molecule has 0 spiro atoms. The Morgan fingerprint density at radius 1 is 1.27 bits per heavy atom. The first-order valence-electron chi connectivity index (χ1n) is 7.57. The van der Waals surface area contributed by atoms with Gasteiger partial charge in [0.05, 0.1) is 11.7 Å². The molecule has 5 heteroatoms. The molecule has 1 N–H and O–H groups in total. The summed E-state index contributed by atoms with van der Waals surface area (Å²) in [6.07, 6.45) is 3.05. The highest BCUT2D eigenvalue weighted by Crippen LogP contribution is 2.35. The van der Waals surface area contributed by atoms with Crippen molar-refractivity contribution in [3.8, 4) is 0 Å². The number of hydrogen-bond acceptors (Lipinski definition) is 4. The number of aliphatic hydroxyl groups is 1. The van der Waals surface area contributed by atoms with Gasteiger partial charge in [-0.05, 0) is 37.5 Å². The van der Waals surface area contributed by atoms with Crippen molar-refractivity contribution in [3.05, 3.63) is 53.9 Å². The summed E-state index contributed by atoms with van der Waals surface area (Å²) < 4.78 is 7.51. The second-order valence-corrected chi connectivity index (χ2v) is 5.76. The Kier molecular flexibility index (Phi) is 4.24. The summed E-state index contributed by atoms with van der Waals surface area (Å²) in [5.74, 6) is -0.335. The predicted molar refractivity (Wildman–Crippen MR) is 81.5 cm³/mol. The van der Waals surface area contributed by atoms with E-state index in [1.165, 1.54) is 0 Å². The zero-order valence-electron chi connectivity index (χ0n) is 12.6. The van der Waals surface area contributed by atoms with E-state index in [-0.39, 0.29) is 24.1 Å². The van der Waals surface area contributed by atoms with Crippen molar-refractivity contribution in [1.82, 2.24) is 9.78 Å². The number of carbonyl (C=O) groups is 1. The smallest absolute Gasteiger partial charge is 0.338 e. The first-order valence-corrected chi connectivity index (χ1v) is 7.57. The molecule has 1 unspecified atom stereocenters. The Bertz CT molecular complexity index is 638. The molecule has 3 atom stereocenters. The van der Waals surface area contributed by atoms with Crippen LogP contribution in [0.4, 0.5) is 0 Å². The highest BCUT2D eigenvalue weighted by molar-refractivity contribution is 5.89. The molecule has 0 aliphatic heterocycles. The number of ether oxygens (including phenoxy) is 1. The predicted octanol–water partition coefficient (Wildman–Crippen LogP) is 2.27. The van der Waals surface area contributed by atoms with E-state index in [4.69, 9.17) is 4.74 Å². The van der Waals surface area contributed by atoms with Crippen LogP contribution in [0.15, 0.2) is 42.6 Å². The topological polar surface area (TPSA) is 64.3 Å². The highest BCUT2D eigenvalue weighted by Gasteiger charge is 2.35. The van der Waals surface area contributed by atoms with Crippen molar-refractivity contribution in [2.24, 2.45) is 7.05 Å². The molecule has 1 aromatic heterocycles. The molecule has 1 aromatic carbocycles. The van der Waals surface area contributed by atoms with Gasteiger partial charge in [0, 0.05) is 24.9 Å². The molecule has 1 fully saturated rings. The molecule has 22 heavy (non-hydrogen) atoms. The lowest BCUT2D eigenvalue weighted by atomic mass is 9.82. The highest BCUT2D eigenvalue weighted by atomic mass is 16.5. The fourth-order valence-corrected chi connectivity index (χ4v) is 3.10. The van der Waals surface area contributed by atoms with E-state index < -0.39 is 0 Å². The van der Waals surface area contributed by atoms with Crippen LogP contribution in [0.25, 0.3) is 0 Å². The van der Waals surface area contributed by atoms with Gasteiger partial charge in [0.2, 0.25) is 0 Å². The Morgan fingerprint density at radius 3 is 2.73 bits per heavy atom. The lowest BCUT2D eigenvalue weighted by molar-refractivity contribution is -0.00698. The Balaban J connectivity index is 1.78. The van der Waals surface area contributed by atoms with Gasteiger partial charge < -0.3 is 9.84 Å². The second-order valence-electron chi connectivity index (χ2n) is 5.76. The van der Waals surface area contributed by atoms with Crippen LogP contribution in [0, 0.1) is 0 Å². The first-order chi connectivity index (χ1) is 10.6. The van der Waals surface area contributed by atoms with Gasteiger partial charge in [0.1, 0.15) is 6.10 Å². The Hall–Kier alpha value is -2.14. The van der Waals surface area contributed by atoms with Crippen LogP contribution in [-0.2, 0) is 11.8 Å². The molecule has 0 radical (unpaired) electrons. The maximum Gasteiger partial charge on any atom is 0.338 e. The number of carbonyl (C=O) groups excluding carboxylic acids is 1. The fraction of sp³-hybridized carbons (Fsp3) is 0.412. The third-order valence-corrected chi connectivity index (χ3v) is 4.27. The fourth-order valence-electron chi connectivity index (χ4n) is 3.10. The summed E-state index contributed by atoms with van der Waals surface area (Å²) in [4.78, 5) is 12.3. The van der Waals surface area contributed by atoms with E-state index in [1.807, 2.05) is 31.3 Å². The van der Waals surface area contributed by atoms with E-state index in [1.54, 1.807) is 23.0 Å². The minimum atomic E-state index is -0.355. The summed E-state index contributed by atoms with van der Waals surface area (Å²) in [6.45, 7) is 0. The van der Waals surface area contributed by atoms with E-state index in [0.717, 1.165) is 5.69 Å². The molecule has 2 aromatic rings. The molecular weight excluding hydrogens is 280 g/mol. The maximum atomic E-state index is 12.3. The van der Waals surface area contributed by atoms with Crippen molar-refractivity contribution in [2.75, 3.05) is 0 Å². The molecule has 1 saturated carbocycles. The number of nitrogens with zero attached hydrogens (tertiary/aromatic N) is 2. The van der Waals surface area contributed by atoms with Gasteiger partial charge in [-0.1, -0.05) is 18.2 Å². The molecule has 0 amide bonds. The number of aliphatic hydroxyl groups excluding tert-OH is 1. The molecule has 1 aliphatic carbocycles. The number of esters is 1. The van der Waals surface area contributed by atoms with Gasteiger partial charge in [0.25, 0.3) is 0 Å². The summed E-state index contributed by atoms with van der Waals surface area (Å²) in [5.41, 5.74) is 1.54. The van der Waals surface area contributed by atoms with Crippen LogP contribution in [-0.4, -0.2) is 33.1 Å². The first kappa shape index (κ1) is 14.8. The normalized spacial score (nSPS) is 24.9. The average Bonchev–Trinajstić information content (AvgIpc) is 2.96. The zero-order valence-corrected chi connectivity index (χ0v) is 12.6. The van der Waals surface area contributed by atoms with Crippen LogP contribution >= 0.6 is 0 Å². The summed E-state index contributed by atoms with van der Waals surface area (Å²) in [6, 6.07) is 10.9. The van der Waals surface area contributed by atoms with E-state index >= 15 is 0 Å². The van der Waals surface area contributed by atoms with Crippen molar-refractivity contribution >= 4 is 5.97 Å². The summed E-state index contributed by atoms with van der Waals surface area (Å²) in [5, 5.41) is 14.2. The largest absolute Gasteiger partial charge is 0.458 e. The molecule has 1 aliphatic rings. The standard InChI is InChI=1S/C17H20N2O3/c1-19-15(9-10-18-19)14-11-13(20)7-8-16(14)22-17(21)12-5-3-2-4-6-12/h2-6,9-10,13-14,16,20H,7-8,11H2,1H3/t13-,14-,16?/m1/s1. The van der Waals surface area contributed by atoms with Crippen molar-refractivity contribution < 1.29 is 14.6 Å². The van der Waals surface area contributed by atoms with E-state index in [0.29, 0.717) is 24.8 Å². The van der Waals surface area contributed by atoms with Gasteiger partial charge >= 0.3 is 5.97 Å². The van der Waals surface area contributed by atoms with Gasteiger partial charge in [-0.25, -0.2) is 4.79 Å². The molecule has 3 rings (SSSR count). The van der Waals surface area contributed by atoms with Gasteiger partial charge in [-0.3, -0.25) is 4.68 Å². The van der Waals surface area contributed by atoms with Crippen molar-refractivity contribution in [1.29, 1.82) is 0 Å². The SMILES string of the molecule is Cn1nccc1[C@H]1C[C@H](O)CCC1OC(=O)c1ccccc1. The van der Waals surface area contributed by atoms with E-state index in [2.05, 4.69) is 5.10 Å². The zero-order chi connectivity index (χ0) is 15.5. The number of aromatic nitrogens is 2.